The number of para-hydroxylation sites is 3. The summed E-state index contributed by atoms with van der Waals surface area (Å²) in [4.78, 5) is 9.07. The van der Waals surface area contributed by atoms with E-state index in [1.807, 2.05) is 24.3 Å². The first-order valence-electron chi connectivity index (χ1n) is 17.7. The number of aromatic nitrogens is 2. The van der Waals surface area contributed by atoms with Gasteiger partial charge in [0.2, 0.25) is 0 Å². The van der Waals surface area contributed by atoms with Gasteiger partial charge in [-0.3, -0.25) is 0 Å². The van der Waals surface area contributed by atoms with Gasteiger partial charge >= 0.3 is 0 Å². The van der Waals surface area contributed by atoms with E-state index in [0.717, 1.165) is 55.6 Å². The molecule has 0 fully saturated rings. The van der Waals surface area contributed by atoms with Crippen molar-refractivity contribution < 1.29 is 0 Å². The first-order chi connectivity index (χ1) is 25.5. The monoisotopic (exact) mass is 663 g/mol. The zero-order chi connectivity index (χ0) is 35.0. The Morgan fingerprint density at radius 2 is 1.17 bits per heavy atom. The fourth-order valence-corrected chi connectivity index (χ4v) is 8.48. The van der Waals surface area contributed by atoms with E-state index < -0.39 is 0 Å². The normalized spacial score (nSPS) is 12.9. The summed E-state index contributed by atoms with van der Waals surface area (Å²) < 4.78 is 2.43. The molecule has 9 aromatic rings. The third kappa shape index (κ3) is 4.48. The van der Waals surface area contributed by atoms with Gasteiger partial charge in [-0.1, -0.05) is 129 Å². The lowest BCUT2D eigenvalue weighted by atomic mass is 9.82. The molecule has 0 saturated heterocycles. The molecule has 3 nitrogen and oxygen atoms in total. The average molecular weight is 664 g/mol. The third-order valence-electron chi connectivity index (χ3n) is 11.0. The molecular weight excluding hydrogens is 631 g/mol. The standard InChI is InChI=1S/C49H33N3/c1-49(2)42-21-11-7-18-36(42)40-28-41-38-20-10-14-24-47(38)52(48(41)30-43(40)49)34-26-32(35-17-8-12-22-44(35)50-3)25-33(27-34)39-29-46(31-15-5-4-6-16-31)51-45-23-13-9-19-37(39)45/h4-30H,1-2H3. The smallest absolute Gasteiger partial charge is 0.194 e. The van der Waals surface area contributed by atoms with Crippen LogP contribution in [0.2, 0.25) is 0 Å². The fraction of sp³-hybridized carbons (Fsp3) is 0.0612. The second kappa shape index (κ2) is 11.4. The summed E-state index contributed by atoms with van der Waals surface area (Å²) in [6.07, 6.45) is 0. The molecule has 2 heterocycles. The molecule has 0 spiro atoms. The fourth-order valence-electron chi connectivity index (χ4n) is 8.48. The molecule has 1 aliphatic carbocycles. The highest BCUT2D eigenvalue weighted by Gasteiger charge is 2.36. The van der Waals surface area contributed by atoms with E-state index >= 15 is 0 Å². The van der Waals surface area contributed by atoms with E-state index in [1.54, 1.807) is 0 Å². The van der Waals surface area contributed by atoms with Gasteiger partial charge in [0.25, 0.3) is 0 Å². The first kappa shape index (κ1) is 30.1. The minimum Gasteiger partial charge on any atom is -0.309 e. The second-order valence-corrected chi connectivity index (χ2v) is 14.3. The molecule has 0 bridgehead atoms. The van der Waals surface area contributed by atoms with Crippen LogP contribution in [0.4, 0.5) is 5.69 Å². The quantitative estimate of drug-likeness (QED) is 0.172. The molecule has 0 aliphatic heterocycles. The molecule has 3 heteroatoms. The molecule has 10 rings (SSSR count). The number of nitrogens with zero attached hydrogens (tertiary/aromatic N) is 3. The van der Waals surface area contributed by atoms with Crippen molar-refractivity contribution in [2.24, 2.45) is 0 Å². The molecule has 0 saturated carbocycles. The summed E-state index contributed by atoms with van der Waals surface area (Å²) in [7, 11) is 0. The lowest BCUT2D eigenvalue weighted by molar-refractivity contribution is 0.661. The van der Waals surface area contributed by atoms with Gasteiger partial charge in [0.15, 0.2) is 5.69 Å². The number of hydrogen-bond donors (Lipinski definition) is 0. The Hall–Kier alpha value is -6.76. The number of pyridine rings is 1. The van der Waals surface area contributed by atoms with Gasteiger partial charge in [-0.05, 0) is 93.0 Å². The van der Waals surface area contributed by atoms with Crippen molar-refractivity contribution in [2.75, 3.05) is 0 Å². The van der Waals surface area contributed by atoms with E-state index in [0.29, 0.717) is 5.69 Å². The molecule has 0 radical (unpaired) electrons. The zero-order valence-corrected chi connectivity index (χ0v) is 28.9. The molecule has 2 aromatic heterocycles. The van der Waals surface area contributed by atoms with Crippen LogP contribution in [0.15, 0.2) is 164 Å². The number of benzene rings is 7. The van der Waals surface area contributed by atoms with E-state index in [2.05, 4.69) is 163 Å². The van der Waals surface area contributed by atoms with Crippen LogP contribution in [0, 0.1) is 6.57 Å². The van der Waals surface area contributed by atoms with Crippen LogP contribution in [-0.4, -0.2) is 9.55 Å². The number of fused-ring (bicyclic) bond motifs is 7. The van der Waals surface area contributed by atoms with E-state index in [1.165, 1.54) is 38.5 Å². The predicted molar refractivity (Wildman–Crippen MR) is 216 cm³/mol. The maximum Gasteiger partial charge on any atom is 0.194 e. The Morgan fingerprint density at radius 1 is 0.500 bits per heavy atom. The third-order valence-corrected chi connectivity index (χ3v) is 11.0. The van der Waals surface area contributed by atoms with Crippen LogP contribution >= 0.6 is 0 Å². The molecule has 0 amide bonds. The zero-order valence-electron chi connectivity index (χ0n) is 28.9. The minimum absolute atomic E-state index is 0.132. The molecule has 1 aliphatic rings. The van der Waals surface area contributed by atoms with Crippen molar-refractivity contribution >= 4 is 38.4 Å². The van der Waals surface area contributed by atoms with Gasteiger partial charge in [0.1, 0.15) is 0 Å². The van der Waals surface area contributed by atoms with Gasteiger partial charge in [0.05, 0.1) is 28.8 Å². The molecule has 0 unspecified atom stereocenters. The van der Waals surface area contributed by atoms with Crippen molar-refractivity contribution in [1.29, 1.82) is 0 Å². The number of rotatable bonds is 4. The van der Waals surface area contributed by atoms with Gasteiger partial charge in [0, 0.05) is 32.8 Å². The Labute approximate surface area is 302 Å². The average Bonchev–Trinajstić information content (AvgIpc) is 3.64. The van der Waals surface area contributed by atoms with Gasteiger partial charge in [-0.15, -0.1) is 0 Å². The molecule has 244 valence electrons. The predicted octanol–water partition coefficient (Wildman–Crippen LogP) is 13.2. The highest BCUT2D eigenvalue weighted by Crippen LogP contribution is 2.51. The summed E-state index contributed by atoms with van der Waals surface area (Å²) in [5.41, 5.74) is 16.3. The highest BCUT2D eigenvalue weighted by atomic mass is 15.0. The van der Waals surface area contributed by atoms with E-state index in [4.69, 9.17) is 11.6 Å². The Morgan fingerprint density at radius 3 is 2.00 bits per heavy atom. The summed E-state index contributed by atoms with van der Waals surface area (Å²) in [6, 6.07) is 58.2. The summed E-state index contributed by atoms with van der Waals surface area (Å²) in [5.74, 6) is 0. The summed E-state index contributed by atoms with van der Waals surface area (Å²) >= 11 is 0. The molecule has 7 aromatic carbocycles. The summed E-state index contributed by atoms with van der Waals surface area (Å²) in [5, 5.41) is 3.54. The van der Waals surface area contributed by atoms with Gasteiger partial charge in [-0.25, -0.2) is 9.83 Å². The van der Waals surface area contributed by atoms with Crippen LogP contribution in [0.3, 0.4) is 0 Å². The molecule has 52 heavy (non-hydrogen) atoms. The minimum atomic E-state index is -0.132. The van der Waals surface area contributed by atoms with Crippen molar-refractivity contribution in [3.05, 3.63) is 186 Å². The maximum atomic E-state index is 8.07. The lowest BCUT2D eigenvalue weighted by Crippen LogP contribution is -2.15. The van der Waals surface area contributed by atoms with Crippen molar-refractivity contribution in [2.45, 2.75) is 19.3 Å². The first-order valence-corrected chi connectivity index (χ1v) is 17.7. The lowest BCUT2D eigenvalue weighted by Gasteiger charge is -2.22. The van der Waals surface area contributed by atoms with Crippen LogP contribution in [0.25, 0.3) is 87.9 Å². The summed E-state index contributed by atoms with van der Waals surface area (Å²) in [6.45, 7) is 12.8. The second-order valence-electron chi connectivity index (χ2n) is 14.3. The number of hydrogen-bond acceptors (Lipinski definition) is 1. The van der Waals surface area contributed by atoms with Crippen molar-refractivity contribution in [1.82, 2.24) is 9.55 Å². The Bertz CT molecular complexity index is 2940. The Balaban J connectivity index is 1.30. The maximum absolute atomic E-state index is 8.07. The van der Waals surface area contributed by atoms with Crippen molar-refractivity contribution in [3.8, 4) is 50.3 Å². The van der Waals surface area contributed by atoms with E-state index in [-0.39, 0.29) is 5.41 Å². The van der Waals surface area contributed by atoms with Crippen LogP contribution in [0.1, 0.15) is 25.0 Å². The topological polar surface area (TPSA) is 22.2 Å². The van der Waals surface area contributed by atoms with Crippen LogP contribution in [0.5, 0.6) is 0 Å². The highest BCUT2D eigenvalue weighted by molar-refractivity contribution is 6.12. The largest absolute Gasteiger partial charge is 0.309 e. The van der Waals surface area contributed by atoms with Crippen LogP contribution < -0.4 is 0 Å². The van der Waals surface area contributed by atoms with Crippen LogP contribution in [-0.2, 0) is 5.41 Å². The molecular formula is C49H33N3. The van der Waals surface area contributed by atoms with Gasteiger partial charge < -0.3 is 4.57 Å². The molecule has 0 atom stereocenters. The Kier molecular flexibility index (Phi) is 6.59. The van der Waals surface area contributed by atoms with Crippen molar-refractivity contribution in [3.63, 3.8) is 0 Å². The van der Waals surface area contributed by atoms with E-state index in [9.17, 15) is 0 Å². The molecule has 0 N–H and O–H groups in total. The SMILES string of the molecule is [C-]#[N+]c1ccccc1-c1cc(-c2cc(-c3ccccc3)nc3ccccc23)cc(-n2c3ccccc3c3cc4c(cc32)C(C)(C)c2ccccc2-4)c1. The van der Waals surface area contributed by atoms with Gasteiger partial charge in [-0.2, -0.15) is 0 Å².